The maximum absolute atomic E-state index is 12.1. The number of benzene rings is 2. The third-order valence-electron chi connectivity index (χ3n) is 4.33. The molecule has 136 valence electrons. The zero-order valence-electron chi connectivity index (χ0n) is 15.0. The van der Waals surface area contributed by atoms with Crippen molar-refractivity contribution in [1.29, 1.82) is 0 Å². The van der Waals surface area contributed by atoms with Crippen molar-refractivity contribution in [3.05, 3.63) is 71.8 Å². The largest absolute Gasteiger partial charge is 0.472 e. The van der Waals surface area contributed by atoms with Gasteiger partial charge in [0.1, 0.15) is 0 Å². The van der Waals surface area contributed by atoms with Crippen molar-refractivity contribution >= 4 is 11.9 Å². The van der Waals surface area contributed by atoms with Crippen LogP contribution in [0.4, 0.5) is 0 Å². The molecule has 3 atom stereocenters. The molecule has 1 aliphatic rings. The van der Waals surface area contributed by atoms with Gasteiger partial charge in [-0.3, -0.25) is 0 Å². The van der Waals surface area contributed by atoms with Crippen molar-refractivity contribution in [2.24, 2.45) is 4.99 Å². The van der Waals surface area contributed by atoms with Crippen LogP contribution in [0.25, 0.3) is 0 Å². The molecule has 0 unspecified atom stereocenters. The van der Waals surface area contributed by atoms with Gasteiger partial charge in [0.15, 0.2) is 18.0 Å². The quantitative estimate of drug-likeness (QED) is 0.718. The third kappa shape index (κ3) is 4.49. The summed E-state index contributed by atoms with van der Waals surface area (Å²) in [5.41, 5.74) is 2.14. The molecular weight excluding hydrogens is 330 g/mol. The lowest BCUT2D eigenvalue weighted by Gasteiger charge is -2.23. The average molecular weight is 353 g/mol. The smallest absolute Gasteiger partial charge is 0.334 e. The summed E-state index contributed by atoms with van der Waals surface area (Å²) in [7, 11) is 1.36. The van der Waals surface area contributed by atoms with Gasteiger partial charge in [0.05, 0.1) is 19.8 Å². The van der Waals surface area contributed by atoms with Crippen molar-refractivity contribution in [1.82, 2.24) is 0 Å². The number of hydrogen-bond acceptors (Lipinski definition) is 5. The minimum Gasteiger partial charge on any atom is -0.472 e. The number of aliphatic imine (C=N–C) groups is 1. The summed E-state index contributed by atoms with van der Waals surface area (Å²) >= 11 is 0. The second-order valence-electron chi connectivity index (χ2n) is 6.24. The number of carbonyl (C=O) groups is 1. The first-order valence-electron chi connectivity index (χ1n) is 8.68. The Morgan fingerprint density at radius 3 is 2.31 bits per heavy atom. The van der Waals surface area contributed by atoms with E-state index < -0.39 is 18.1 Å². The van der Waals surface area contributed by atoms with Gasteiger partial charge in [0.2, 0.25) is 0 Å². The van der Waals surface area contributed by atoms with Gasteiger partial charge in [0, 0.05) is 6.42 Å². The van der Waals surface area contributed by atoms with E-state index in [1.54, 1.807) is 0 Å². The molecule has 0 amide bonds. The first kappa shape index (κ1) is 18.1. The van der Waals surface area contributed by atoms with Crippen LogP contribution in [-0.2, 0) is 32.0 Å². The SMILES string of the molecule is COC(=O)[C@@H]1N=C(Cc2ccccc2)O[C@H]1[C@H](C)OCc1ccccc1. The highest BCUT2D eigenvalue weighted by atomic mass is 16.6. The number of rotatable bonds is 7. The standard InChI is InChI=1S/C21H23NO4/c1-15(25-14-17-11-7-4-8-12-17)20-19(21(23)24-2)22-18(26-20)13-16-9-5-3-6-10-16/h3-12,15,19-20H,13-14H2,1-2H3/t15-,19+,20-/m0/s1. The fraction of sp³-hybridized carbons (Fsp3) is 0.333. The number of nitrogens with zero attached hydrogens (tertiary/aromatic N) is 1. The summed E-state index contributed by atoms with van der Waals surface area (Å²) in [5.74, 6) is 0.125. The second-order valence-corrected chi connectivity index (χ2v) is 6.24. The Balaban J connectivity index is 1.66. The van der Waals surface area contributed by atoms with Crippen LogP contribution in [0.15, 0.2) is 65.7 Å². The van der Waals surface area contributed by atoms with Crippen molar-refractivity contribution < 1.29 is 19.0 Å². The van der Waals surface area contributed by atoms with Crippen LogP contribution in [0.5, 0.6) is 0 Å². The van der Waals surface area contributed by atoms with Crippen LogP contribution in [0.3, 0.4) is 0 Å². The molecule has 5 heteroatoms. The lowest BCUT2D eigenvalue weighted by atomic mass is 10.1. The molecule has 1 aliphatic heterocycles. The molecule has 26 heavy (non-hydrogen) atoms. The summed E-state index contributed by atoms with van der Waals surface area (Å²) in [6.07, 6.45) is -0.267. The Hall–Kier alpha value is -2.66. The molecule has 2 aromatic carbocycles. The molecule has 0 aliphatic carbocycles. The molecule has 0 radical (unpaired) electrons. The number of carbonyl (C=O) groups excluding carboxylic acids is 1. The second kappa shape index (κ2) is 8.63. The molecule has 0 bridgehead atoms. The number of esters is 1. The summed E-state index contributed by atoms with van der Waals surface area (Å²) < 4.78 is 16.8. The van der Waals surface area contributed by atoms with E-state index in [1.807, 2.05) is 67.6 Å². The van der Waals surface area contributed by atoms with Gasteiger partial charge < -0.3 is 14.2 Å². The lowest BCUT2D eigenvalue weighted by molar-refractivity contribution is -0.146. The summed E-state index contributed by atoms with van der Waals surface area (Å²) in [6.45, 7) is 2.34. The molecule has 2 aromatic rings. The zero-order chi connectivity index (χ0) is 18.4. The number of methoxy groups -OCH3 is 1. The van der Waals surface area contributed by atoms with E-state index in [9.17, 15) is 4.79 Å². The molecular formula is C21H23NO4. The first-order valence-corrected chi connectivity index (χ1v) is 8.68. The van der Waals surface area contributed by atoms with Crippen LogP contribution < -0.4 is 0 Å². The van der Waals surface area contributed by atoms with Gasteiger partial charge in [-0.1, -0.05) is 60.7 Å². The fourth-order valence-corrected chi connectivity index (χ4v) is 2.90. The Labute approximate surface area is 153 Å². The van der Waals surface area contributed by atoms with Gasteiger partial charge in [-0.2, -0.15) is 0 Å². The van der Waals surface area contributed by atoms with E-state index in [-0.39, 0.29) is 6.10 Å². The molecule has 1 heterocycles. The van der Waals surface area contributed by atoms with E-state index in [0.717, 1.165) is 11.1 Å². The molecule has 0 aromatic heterocycles. The van der Waals surface area contributed by atoms with Crippen molar-refractivity contribution in [3.63, 3.8) is 0 Å². The van der Waals surface area contributed by atoms with E-state index in [1.165, 1.54) is 7.11 Å². The average Bonchev–Trinajstić information content (AvgIpc) is 3.11. The zero-order valence-corrected chi connectivity index (χ0v) is 15.0. The van der Waals surface area contributed by atoms with E-state index in [2.05, 4.69) is 4.99 Å². The fourth-order valence-electron chi connectivity index (χ4n) is 2.90. The van der Waals surface area contributed by atoms with Crippen LogP contribution in [0.2, 0.25) is 0 Å². The minimum atomic E-state index is -0.704. The highest BCUT2D eigenvalue weighted by Gasteiger charge is 2.41. The van der Waals surface area contributed by atoms with Crippen molar-refractivity contribution in [2.75, 3.05) is 7.11 Å². The van der Waals surface area contributed by atoms with Crippen molar-refractivity contribution in [3.8, 4) is 0 Å². The normalized spacial score (nSPS) is 20.2. The predicted molar refractivity (Wildman–Crippen MR) is 99.0 cm³/mol. The van der Waals surface area contributed by atoms with E-state index in [4.69, 9.17) is 14.2 Å². The van der Waals surface area contributed by atoms with Crippen LogP contribution in [0.1, 0.15) is 18.1 Å². The third-order valence-corrected chi connectivity index (χ3v) is 4.33. The molecule has 3 rings (SSSR count). The van der Waals surface area contributed by atoms with E-state index >= 15 is 0 Å². The maximum atomic E-state index is 12.1. The number of ether oxygens (including phenoxy) is 3. The van der Waals surface area contributed by atoms with Crippen molar-refractivity contribution in [2.45, 2.75) is 38.2 Å². The molecule has 0 saturated heterocycles. The molecule has 0 fully saturated rings. The molecule has 0 spiro atoms. The van der Waals surface area contributed by atoms with Gasteiger partial charge in [-0.25, -0.2) is 9.79 Å². The Morgan fingerprint density at radius 2 is 1.69 bits per heavy atom. The van der Waals surface area contributed by atoms with Crippen LogP contribution >= 0.6 is 0 Å². The van der Waals surface area contributed by atoms with Crippen LogP contribution in [-0.4, -0.2) is 37.2 Å². The summed E-state index contributed by atoms with van der Waals surface area (Å²) in [4.78, 5) is 16.6. The highest BCUT2D eigenvalue weighted by molar-refractivity contribution is 5.87. The highest BCUT2D eigenvalue weighted by Crippen LogP contribution is 2.23. The van der Waals surface area contributed by atoms with Gasteiger partial charge in [-0.15, -0.1) is 0 Å². The molecule has 0 saturated carbocycles. The summed E-state index contributed by atoms with van der Waals surface area (Å²) in [5, 5.41) is 0. The van der Waals surface area contributed by atoms with Gasteiger partial charge in [0.25, 0.3) is 0 Å². The Bertz CT molecular complexity index is 745. The molecule has 0 N–H and O–H groups in total. The lowest BCUT2D eigenvalue weighted by Crippen LogP contribution is -2.40. The molecule has 5 nitrogen and oxygen atoms in total. The topological polar surface area (TPSA) is 57.1 Å². The van der Waals surface area contributed by atoms with Crippen LogP contribution in [0, 0.1) is 0 Å². The van der Waals surface area contributed by atoms with E-state index in [0.29, 0.717) is 18.9 Å². The maximum Gasteiger partial charge on any atom is 0.334 e. The summed E-state index contributed by atoms with van der Waals surface area (Å²) in [6, 6.07) is 19.1. The van der Waals surface area contributed by atoms with Gasteiger partial charge >= 0.3 is 5.97 Å². The first-order chi connectivity index (χ1) is 12.7. The monoisotopic (exact) mass is 353 g/mol. The van der Waals surface area contributed by atoms with Gasteiger partial charge in [-0.05, 0) is 18.1 Å². The Kier molecular flexibility index (Phi) is 6.02. The number of hydrogen-bond donors (Lipinski definition) is 0. The minimum absolute atomic E-state index is 0.309. The predicted octanol–water partition coefficient (Wildman–Crippen LogP) is 3.17. The Morgan fingerprint density at radius 1 is 1.08 bits per heavy atom.